The first-order chi connectivity index (χ1) is 7.35. The SMILES string of the molecule is CN(C)CC(C)(C)Cn1c(CO)n[nH]c1=S. The zero-order chi connectivity index (χ0) is 12.3. The lowest BCUT2D eigenvalue weighted by Gasteiger charge is -2.28. The third kappa shape index (κ3) is 3.40. The summed E-state index contributed by atoms with van der Waals surface area (Å²) in [6, 6.07) is 0. The van der Waals surface area contributed by atoms with Crippen LogP contribution in [0.3, 0.4) is 0 Å². The van der Waals surface area contributed by atoms with Crippen molar-refractivity contribution >= 4 is 12.2 Å². The van der Waals surface area contributed by atoms with Crippen molar-refractivity contribution in [1.82, 2.24) is 19.7 Å². The monoisotopic (exact) mass is 244 g/mol. The third-order valence-corrected chi connectivity index (χ3v) is 2.62. The van der Waals surface area contributed by atoms with Gasteiger partial charge in [-0.1, -0.05) is 13.8 Å². The molecule has 5 nitrogen and oxygen atoms in total. The van der Waals surface area contributed by atoms with Crippen LogP contribution in [0.15, 0.2) is 0 Å². The summed E-state index contributed by atoms with van der Waals surface area (Å²) in [5, 5.41) is 15.8. The fourth-order valence-corrected chi connectivity index (χ4v) is 2.18. The van der Waals surface area contributed by atoms with Gasteiger partial charge >= 0.3 is 0 Å². The molecule has 0 bridgehead atoms. The van der Waals surface area contributed by atoms with Crippen molar-refractivity contribution in [3.8, 4) is 0 Å². The van der Waals surface area contributed by atoms with Gasteiger partial charge < -0.3 is 14.6 Å². The van der Waals surface area contributed by atoms with E-state index in [4.69, 9.17) is 17.3 Å². The van der Waals surface area contributed by atoms with Crippen LogP contribution in [-0.4, -0.2) is 45.4 Å². The smallest absolute Gasteiger partial charge is 0.195 e. The van der Waals surface area contributed by atoms with Gasteiger partial charge in [0, 0.05) is 13.1 Å². The van der Waals surface area contributed by atoms with E-state index in [9.17, 15) is 0 Å². The molecule has 1 heterocycles. The highest BCUT2D eigenvalue weighted by Crippen LogP contribution is 2.19. The lowest BCUT2D eigenvalue weighted by atomic mass is 9.93. The van der Waals surface area contributed by atoms with Gasteiger partial charge in [0.05, 0.1) is 0 Å². The molecular formula is C10H20N4OS. The Morgan fingerprint density at radius 2 is 2.12 bits per heavy atom. The number of aliphatic hydroxyl groups is 1. The molecule has 0 fully saturated rings. The summed E-state index contributed by atoms with van der Waals surface area (Å²) in [6.07, 6.45) is 0. The van der Waals surface area contributed by atoms with Crippen LogP contribution in [0, 0.1) is 10.2 Å². The molecule has 1 rings (SSSR count). The number of hydrogen-bond donors (Lipinski definition) is 2. The highest BCUT2D eigenvalue weighted by Gasteiger charge is 2.21. The number of aromatic nitrogens is 3. The van der Waals surface area contributed by atoms with Crippen molar-refractivity contribution < 1.29 is 5.11 Å². The highest BCUT2D eigenvalue weighted by atomic mass is 32.1. The summed E-state index contributed by atoms with van der Waals surface area (Å²) >= 11 is 5.14. The van der Waals surface area contributed by atoms with Crippen LogP contribution in [0.2, 0.25) is 0 Å². The topological polar surface area (TPSA) is 57.1 Å². The zero-order valence-corrected chi connectivity index (χ0v) is 11.1. The number of H-pyrrole nitrogens is 1. The zero-order valence-electron chi connectivity index (χ0n) is 10.3. The van der Waals surface area contributed by atoms with Gasteiger partial charge in [0.1, 0.15) is 6.61 Å². The predicted molar refractivity (Wildman–Crippen MR) is 65.7 cm³/mol. The van der Waals surface area contributed by atoms with Crippen LogP contribution in [0.1, 0.15) is 19.7 Å². The molecule has 0 amide bonds. The van der Waals surface area contributed by atoms with E-state index in [0.29, 0.717) is 10.6 Å². The molecule has 92 valence electrons. The Kier molecular flexibility index (Phi) is 4.23. The van der Waals surface area contributed by atoms with E-state index in [1.54, 1.807) is 0 Å². The minimum atomic E-state index is -0.0921. The molecule has 16 heavy (non-hydrogen) atoms. The highest BCUT2D eigenvalue weighted by molar-refractivity contribution is 7.71. The molecule has 2 N–H and O–H groups in total. The van der Waals surface area contributed by atoms with Crippen molar-refractivity contribution in [2.45, 2.75) is 27.0 Å². The van der Waals surface area contributed by atoms with Crippen molar-refractivity contribution in [2.75, 3.05) is 20.6 Å². The maximum Gasteiger partial charge on any atom is 0.195 e. The Morgan fingerprint density at radius 3 is 2.62 bits per heavy atom. The van der Waals surface area contributed by atoms with Gasteiger partial charge in [0.2, 0.25) is 0 Å². The first kappa shape index (κ1) is 13.3. The average Bonchev–Trinajstić information content (AvgIpc) is 2.45. The molecule has 0 spiro atoms. The number of nitrogens with zero attached hydrogens (tertiary/aromatic N) is 3. The summed E-state index contributed by atoms with van der Waals surface area (Å²) in [5.41, 5.74) is 0.0789. The van der Waals surface area contributed by atoms with Gasteiger partial charge in [-0.05, 0) is 31.7 Å². The van der Waals surface area contributed by atoms with E-state index >= 15 is 0 Å². The minimum Gasteiger partial charge on any atom is -0.388 e. The summed E-state index contributed by atoms with van der Waals surface area (Å²) < 4.78 is 2.43. The summed E-state index contributed by atoms with van der Waals surface area (Å²) in [6.45, 7) is 5.94. The van der Waals surface area contributed by atoms with E-state index in [-0.39, 0.29) is 12.0 Å². The molecule has 1 aromatic rings. The fraction of sp³-hybridized carbons (Fsp3) is 0.800. The lowest BCUT2D eigenvalue weighted by Crippen LogP contribution is -2.33. The van der Waals surface area contributed by atoms with Crippen LogP contribution in [0.5, 0.6) is 0 Å². The molecular weight excluding hydrogens is 224 g/mol. The maximum absolute atomic E-state index is 9.15. The van der Waals surface area contributed by atoms with Crippen LogP contribution in [0.25, 0.3) is 0 Å². The average molecular weight is 244 g/mol. The predicted octanol–water partition coefficient (Wildman–Crippen LogP) is 1.02. The van der Waals surface area contributed by atoms with E-state index in [0.717, 1.165) is 13.1 Å². The Morgan fingerprint density at radius 1 is 1.50 bits per heavy atom. The van der Waals surface area contributed by atoms with Crippen molar-refractivity contribution in [1.29, 1.82) is 0 Å². The number of rotatable bonds is 5. The van der Waals surface area contributed by atoms with E-state index in [1.165, 1.54) is 0 Å². The van der Waals surface area contributed by atoms with Gasteiger partial charge in [-0.3, -0.25) is 5.10 Å². The molecule has 0 aliphatic rings. The van der Waals surface area contributed by atoms with Crippen molar-refractivity contribution in [2.24, 2.45) is 5.41 Å². The van der Waals surface area contributed by atoms with Crippen molar-refractivity contribution in [3.63, 3.8) is 0 Å². The molecule has 0 saturated carbocycles. The molecule has 0 unspecified atom stereocenters. The Bertz CT molecular complexity index is 394. The standard InChI is InChI=1S/C10H20N4OS/c1-10(2,6-13(3)4)7-14-8(5-15)11-12-9(14)16/h15H,5-7H2,1-4H3,(H,12,16). The Hall–Kier alpha value is -0.720. The number of nitrogens with one attached hydrogen (secondary N) is 1. The number of hydrogen-bond acceptors (Lipinski definition) is 4. The number of aromatic amines is 1. The summed E-state index contributed by atoms with van der Waals surface area (Å²) in [5.74, 6) is 0.594. The normalized spacial score (nSPS) is 12.4. The Labute approximate surface area is 101 Å². The molecule has 1 aromatic heterocycles. The molecule has 0 atom stereocenters. The second-order valence-corrected chi connectivity index (χ2v) is 5.48. The van der Waals surface area contributed by atoms with Gasteiger partial charge in [0.15, 0.2) is 10.6 Å². The molecule has 0 aromatic carbocycles. The quantitative estimate of drug-likeness (QED) is 0.759. The summed E-state index contributed by atoms with van der Waals surface area (Å²) in [4.78, 5) is 2.14. The van der Waals surface area contributed by atoms with Crippen LogP contribution < -0.4 is 0 Å². The molecule has 0 radical (unpaired) electrons. The van der Waals surface area contributed by atoms with E-state index < -0.39 is 0 Å². The molecule has 0 saturated heterocycles. The third-order valence-electron chi connectivity index (χ3n) is 2.31. The fourth-order valence-electron chi connectivity index (χ4n) is 1.97. The second-order valence-electron chi connectivity index (χ2n) is 5.09. The molecule has 0 aliphatic heterocycles. The molecule has 0 aliphatic carbocycles. The van der Waals surface area contributed by atoms with Crippen LogP contribution in [0.4, 0.5) is 0 Å². The van der Waals surface area contributed by atoms with Crippen LogP contribution >= 0.6 is 12.2 Å². The maximum atomic E-state index is 9.15. The van der Waals surface area contributed by atoms with Gasteiger partial charge in [0.25, 0.3) is 0 Å². The van der Waals surface area contributed by atoms with Gasteiger partial charge in [-0.15, -0.1) is 0 Å². The van der Waals surface area contributed by atoms with Crippen molar-refractivity contribution in [3.05, 3.63) is 10.6 Å². The molecule has 6 heteroatoms. The largest absolute Gasteiger partial charge is 0.388 e. The first-order valence-corrected chi connectivity index (χ1v) is 5.66. The minimum absolute atomic E-state index is 0.0789. The summed E-state index contributed by atoms with van der Waals surface area (Å²) in [7, 11) is 4.09. The van der Waals surface area contributed by atoms with E-state index in [2.05, 4.69) is 28.9 Å². The van der Waals surface area contributed by atoms with Crippen LogP contribution in [-0.2, 0) is 13.2 Å². The van der Waals surface area contributed by atoms with Gasteiger partial charge in [-0.2, -0.15) is 5.10 Å². The Balaban J connectivity index is 2.86. The number of aliphatic hydroxyl groups excluding tert-OH is 1. The second kappa shape index (κ2) is 5.07. The van der Waals surface area contributed by atoms with E-state index in [1.807, 2.05) is 18.7 Å². The lowest BCUT2D eigenvalue weighted by molar-refractivity contribution is 0.200. The first-order valence-electron chi connectivity index (χ1n) is 5.25. The van der Waals surface area contributed by atoms with Gasteiger partial charge in [-0.25, -0.2) is 0 Å².